The molecule has 2 aliphatic heterocycles. The van der Waals surface area contributed by atoms with Crippen molar-refractivity contribution in [2.45, 2.75) is 22.7 Å². The number of carboxylic acid groups (broad SMARTS) is 1. The number of carboxylic acids is 1. The molecule has 3 heterocycles. The normalized spacial score (nSPS) is 20.6. The van der Waals surface area contributed by atoms with Gasteiger partial charge in [-0.2, -0.15) is 0 Å². The number of carbonyl (C=O) groups excluding carboxylic acids is 2. The molecule has 2 aliphatic rings. The van der Waals surface area contributed by atoms with E-state index in [0.717, 1.165) is 9.35 Å². The highest BCUT2D eigenvalue weighted by atomic mass is 35.5. The Morgan fingerprint density at radius 1 is 1.37 bits per heavy atom. The zero-order valence-electron chi connectivity index (χ0n) is 15.5. The maximum absolute atomic E-state index is 12.7. The molecule has 1 fully saturated rings. The first-order valence-electron chi connectivity index (χ1n) is 8.75. The number of carbonyl (C=O) groups is 3. The number of benzene rings is 1. The first-order chi connectivity index (χ1) is 14.4. The number of hydrogen-bond donors (Lipinski definition) is 2. The molecule has 156 valence electrons. The monoisotopic (exact) mass is 482 g/mol. The molecule has 12 heteroatoms. The highest BCUT2D eigenvalue weighted by Crippen LogP contribution is 2.42. The standard InChI is InChI=1S/C18H15ClN4O4S3/c1-8-21-22-18(30-8)29-7-9-6-28-16-12(15(25)23(16)13(9)17(26)27)20-14(24)10-4-2-3-5-11(10)19/h2-5,12,16H,6-7H2,1H3,(H,20,24)(H,26,27)/t12-,16-/m1/s1. The second-order valence-corrected chi connectivity index (χ2v) is 10.4. The summed E-state index contributed by atoms with van der Waals surface area (Å²) in [5.74, 6) is -1.23. The summed E-state index contributed by atoms with van der Waals surface area (Å²) >= 11 is 10.3. The van der Waals surface area contributed by atoms with Gasteiger partial charge in [-0.25, -0.2) is 4.79 Å². The van der Waals surface area contributed by atoms with E-state index in [4.69, 9.17) is 11.6 Å². The third-order valence-electron chi connectivity index (χ3n) is 4.53. The summed E-state index contributed by atoms with van der Waals surface area (Å²) < 4.78 is 0.747. The molecule has 0 unspecified atom stereocenters. The minimum absolute atomic E-state index is 0.0132. The SMILES string of the molecule is Cc1nnc(SCC2=C(C(=O)O)N3C(=O)[C@@H](NC(=O)c4ccccc4Cl)[C@H]3SC2)s1. The van der Waals surface area contributed by atoms with E-state index in [1.807, 2.05) is 6.92 Å². The van der Waals surface area contributed by atoms with E-state index in [1.165, 1.54) is 39.8 Å². The zero-order valence-corrected chi connectivity index (χ0v) is 18.7. The van der Waals surface area contributed by atoms with Crippen LogP contribution in [0.3, 0.4) is 0 Å². The van der Waals surface area contributed by atoms with Gasteiger partial charge >= 0.3 is 5.97 Å². The average molecular weight is 483 g/mol. The molecule has 1 aromatic carbocycles. The molecule has 0 radical (unpaired) electrons. The van der Waals surface area contributed by atoms with E-state index in [0.29, 0.717) is 17.1 Å². The number of thioether (sulfide) groups is 2. The van der Waals surface area contributed by atoms with E-state index in [2.05, 4.69) is 15.5 Å². The van der Waals surface area contributed by atoms with Gasteiger partial charge in [-0.05, 0) is 24.6 Å². The summed E-state index contributed by atoms with van der Waals surface area (Å²) in [6, 6.07) is 5.75. The lowest BCUT2D eigenvalue weighted by molar-refractivity contribution is -0.148. The van der Waals surface area contributed by atoms with Crippen molar-refractivity contribution in [3.63, 3.8) is 0 Å². The van der Waals surface area contributed by atoms with Crippen LogP contribution in [-0.4, -0.2) is 60.9 Å². The molecular formula is C18H15ClN4O4S3. The Hall–Kier alpha value is -2.08. The number of hydrogen-bond acceptors (Lipinski definition) is 8. The number of aryl methyl sites for hydroxylation is 1. The van der Waals surface area contributed by atoms with Crippen LogP contribution in [0, 0.1) is 6.92 Å². The summed E-state index contributed by atoms with van der Waals surface area (Å²) in [5, 5.41) is 21.0. The van der Waals surface area contributed by atoms with Gasteiger partial charge in [-0.3, -0.25) is 14.5 Å². The molecule has 2 atom stereocenters. The maximum Gasteiger partial charge on any atom is 0.352 e. The molecular weight excluding hydrogens is 468 g/mol. The van der Waals surface area contributed by atoms with E-state index < -0.39 is 29.2 Å². The molecule has 1 saturated heterocycles. The Morgan fingerprint density at radius 2 is 2.13 bits per heavy atom. The zero-order chi connectivity index (χ0) is 21.4. The Morgan fingerprint density at radius 3 is 2.80 bits per heavy atom. The van der Waals surface area contributed by atoms with Gasteiger partial charge in [0.15, 0.2) is 4.34 Å². The second kappa shape index (κ2) is 8.58. The van der Waals surface area contributed by atoms with Crippen molar-refractivity contribution in [1.29, 1.82) is 0 Å². The molecule has 2 amide bonds. The summed E-state index contributed by atoms with van der Waals surface area (Å²) in [6.07, 6.45) is 0. The van der Waals surface area contributed by atoms with Crippen molar-refractivity contribution in [3.8, 4) is 0 Å². The Balaban J connectivity index is 1.49. The fourth-order valence-electron chi connectivity index (χ4n) is 3.14. The number of rotatable bonds is 6. The predicted molar refractivity (Wildman–Crippen MR) is 116 cm³/mol. The van der Waals surface area contributed by atoms with E-state index in [-0.39, 0.29) is 16.3 Å². The highest BCUT2D eigenvalue weighted by Gasteiger charge is 2.54. The topological polar surface area (TPSA) is 112 Å². The third kappa shape index (κ3) is 3.94. The number of aliphatic carboxylic acids is 1. The van der Waals surface area contributed by atoms with Gasteiger partial charge in [0.25, 0.3) is 11.8 Å². The van der Waals surface area contributed by atoms with Crippen LogP contribution in [0.2, 0.25) is 5.02 Å². The molecule has 0 aliphatic carbocycles. The number of halogens is 1. The first-order valence-corrected chi connectivity index (χ1v) is 12.0. The van der Waals surface area contributed by atoms with Gasteiger partial charge < -0.3 is 10.4 Å². The number of nitrogens with zero attached hydrogens (tertiary/aromatic N) is 3. The molecule has 8 nitrogen and oxygen atoms in total. The lowest BCUT2D eigenvalue weighted by atomic mass is 10.0. The Kier molecular flexibility index (Phi) is 6.05. The van der Waals surface area contributed by atoms with E-state index in [1.54, 1.807) is 24.3 Å². The van der Waals surface area contributed by atoms with Gasteiger partial charge in [0.2, 0.25) is 0 Å². The highest BCUT2D eigenvalue weighted by molar-refractivity contribution is 8.01. The molecule has 0 bridgehead atoms. The second-order valence-electron chi connectivity index (χ2n) is 6.47. The van der Waals surface area contributed by atoms with Crippen molar-refractivity contribution in [2.75, 3.05) is 11.5 Å². The molecule has 0 spiro atoms. The minimum Gasteiger partial charge on any atom is -0.477 e. The Bertz CT molecular complexity index is 1070. The largest absolute Gasteiger partial charge is 0.477 e. The molecule has 4 rings (SSSR count). The molecule has 2 aromatic rings. The van der Waals surface area contributed by atoms with Gasteiger partial charge in [-0.1, -0.05) is 46.8 Å². The predicted octanol–water partition coefficient (Wildman–Crippen LogP) is 2.64. The van der Waals surface area contributed by atoms with Crippen LogP contribution in [0.4, 0.5) is 0 Å². The van der Waals surface area contributed by atoms with E-state index in [9.17, 15) is 19.5 Å². The van der Waals surface area contributed by atoms with Gasteiger partial charge in [0, 0.05) is 11.5 Å². The van der Waals surface area contributed by atoms with Crippen LogP contribution in [-0.2, 0) is 9.59 Å². The number of fused-ring (bicyclic) bond motifs is 1. The molecule has 30 heavy (non-hydrogen) atoms. The van der Waals surface area contributed by atoms with Crippen molar-refractivity contribution >= 4 is 64.2 Å². The fourth-order valence-corrected chi connectivity index (χ4v) is 6.67. The summed E-state index contributed by atoms with van der Waals surface area (Å²) in [6.45, 7) is 1.85. The van der Waals surface area contributed by atoms with Crippen molar-refractivity contribution < 1.29 is 19.5 Å². The summed E-state index contributed by atoms with van der Waals surface area (Å²) in [5.41, 5.74) is 0.899. The molecule has 2 N–H and O–H groups in total. The number of aromatic nitrogens is 2. The van der Waals surface area contributed by atoms with Crippen molar-refractivity contribution in [3.05, 3.63) is 51.1 Å². The summed E-state index contributed by atoms with van der Waals surface area (Å²) in [7, 11) is 0. The van der Waals surface area contributed by atoms with Crippen LogP contribution in [0.5, 0.6) is 0 Å². The smallest absolute Gasteiger partial charge is 0.352 e. The van der Waals surface area contributed by atoms with Crippen molar-refractivity contribution in [1.82, 2.24) is 20.4 Å². The van der Waals surface area contributed by atoms with Crippen molar-refractivity contribution in [2.24, 2.45) is 0 Å². The van der Waals surface area contributed by atoms with Crippen LogP contribution in [0.1, 0.15) is 15.4 Å². The minimum atomic E-state index is -1.16. The van der Waals surface area contributed by atoms with Crippen LogP contribution in [0.25, 0.3) is 0 Å². The van der Waals surface area contributed by atoms with Gasteiger partial charge in [0.05, 0.1) is 10.6 Å². The maximum atomic E-state index is 12.7. The fraction of sp³-hybridized carbons (Fsp3) is 0.278. The number of amides is 2. The average Bonchev–Trinajstić information content (AvgIpc) is 3.14. The first kappa shape index (κ1) is 21.2. The number of β-lactam (4-membered cyclic amide) rings is 1. The quantitative estimate of drug-likeness (QED) is 0.477. The lowest BCUT2D eigenvalue weighted by Crippen LogP contribution is -2.70. The Labute approximate surface area is 189 Å². The number of nitrogens with one attached hydrogen (secondary N) is 1. The van der Waals surface area contributed by atoms with Gasteiger partial charge in [-0.15, -0.1) is 22.0 Å². The van der Waals surface area contributed by atoms with Crippen LogP contribution >= 0.6 is 46.5 Å². The lowest BCUT2D eigenvalue weighted by Gasteiger charge is -2.49. The summed E-state index contributed by atoms with van der Waals surface area (Å²) in [4.78, 5) is 38.4. The van der Waals surface area contributed by atoms with E-state index >= 15 is 0 Å². The molecule has 1 aromatic heterocycles. The third-order valence-corrected chi connectivity index (χ3v) is 8.26. The van der Waals surface area contributed by atoms with Gasteiger partial charge in [0.1, 0.15) is 22.1 Å². The van der Waals surface area contributed by atoms with Crippen LogP contribution in [0.15, 0.2) is 39.9 Å². The van der Waals surface area contributed by atoms with Crippen LogP contribution < -0.4 is 5.32 Å². The molecule has 0 saturated carbocycles.